The fourth-order valence-corrected chi connectivity index (χ4v) is 2.38. The molecule has 0 aromatic heterocycles. The second-order valence-corrected chi connectivity index (χ2v) is 5.31. The van der Waals surface area contributed by atoms with Gasteiger partial charge in [-0.15, -0.1) is 0 Å². The summed E-state index contributed by atoms with van der Waals surface area (Å²) in [6.45, 7) is 6.33. The summed E-state index contributed by atoms with van der Waals surface area (Å²) in [5.74, 6) is 1.56. The summed E-state index contributed by atoms with van der Waals surface area (Å²) in [6.07, 6.45) is 1.60. The second kappa shape index (κ2) is 6.21. The first kappa shape index (κ1) is 13.4. The van der Waals surface area contributed by atoms with Crippen LogP contribution in [0.15, 0.2) is 24.3 Å². The third kappa shape index (κ3) is 3.47. The lowest BCUT2D eigenvalue weighted by Crippen LogP contribution is -2.41. The van der Waals surface area contributed by atoms with Gasteiger partial charge in [0.2, 0.25) is 0 Å². The van der Waals surface area contributed by atoms with Crippen molar-refractivity contribution < 1.29 is 9.47 Å². The van der Waals surface area contributed by atoms with Crippen molar-refractivity contribution in [1.29, 1.82) is 0 Å². The van der Waals surface area contributed by atoms with Gasteiger partial charge < -0.3 is 14.8 Å². The van der Waals surface area contributed by atoms with Crippen LogP contribution in [-0.4, -0.2) is 26.3 Å². The Morgan fingerprint density at radius 2 is 2.00 bits per heavy atom. The first-order valence-electron chi connectivity index (χ1n) is 6.69. The molecule has 100 valence electrons. The second-order valence-electron chi connectivity index (χ2n) is 5.31. The molecular formula is C15H23NO2. The van der Waals surface area contributed by atoms with Crippen molar-refractivity contribution in [1.82, 2.24) is 5.32 Å². The van der Waals surface area contributed by atoms with Crippen LogP contribution < -0.4 is 10.1 Å². The lowest BCUT2D eigenvalue weighted by atomic mass is 10.0. The molecule has 1 heterocycles. The standard InChI is InChI=1S/C15H23NO2/c1-11(2)8-14-9-16-10-15(18-14)12-4-6-13(17-3)7-5-12/h4-7,11,14-16H,8-10H2,1-3H3. The predicted octanol–water partition coefficient (Wildman–Crippen LogP) is 2.77. The Morgan fingerprint density at radius 1 is 1.28 bits per heavy atom. The van der Waals surface area contributed by atoms with E-state index in [2.05, 4.69) is 31.3 Å². The quantitative estimate of drug-likeness (QED) is 0.890. The number of benzene rings is 1. The number of rotatable bonds is 4. The molecule has 0 amide bonds. The molecule has 2 unspecified atom stereocenters. The maximum absolute atomic E-state index is 6.15. The van der Waals surface area contributed by atoms with E-state index in [9.17, 15) is 0 Å². The number of ether oxygens (including phenoxy) is 2. The fraction of sp³-hybridized carbons (Fsp3) is 0.600. The molecule has 0 bridgehead atoms. The van der Waals surface area contributed by atoms with Crippen LogP contribution in [0.4, 0.5) is 0 Å². The molecule has 0 aliphatic carbocycles. The van der Waals surface area contributed by atoms with Gasteiger partial charge in [-0.3, -0.25) is 0 Å². The van der Waals surface area contributed by atoms with Gasteiger partial charge in [-0.2, -0.15) is 0 Å². The van der Waals surface area contributed by atoms with Gasteiger partial charge in [0.1, 0.15) is 5.75 Å². The molecule has 1 aromatic rings. The molecule has 1 aromatic carbocycles. The Kier molecular flexibility index (Phi) is 4.61. The minimum absolute atomic E-state index is 0.161. The van der Waals surface area contributed by atoms with Crippen LogP contribution in [0.25, 0.3) is 0 Å². The number of morpholine rings is 1. The Hall–Kier alpha value is -1.06. The first-order chi connectivity index (χ1) is 8.69. The van der Waals surface area contributed by atoms with E-state index in [1.54, 1.807) is 7.11 Å². The van der Waals surface area contributed by atoms with E-state index in [0.717, 1.165) is 25.3 Å². The van der Waals surface area contributed by atoms with Crippen LogP contribution in [0.1, 0.15) is 31.9 Å². The van der Waals surface area contributed by atoms with E-state index >= 15 is 0 Å². The monoisotopic (exact) mass is 249 g/mol. The molecule has 1 saturated heterocycles. The van der Waals surface area contributed by atoms with Crippen molar-refractivity contribution in [2.45, 2.75) is 32.5 Å². The molecule has 0 spiro atoms. The Balaban J connectivity index is 1.98. The average molecular weight is 249 g/mol. The van der Waals surface area contributed by atoms with E-state index in [0.29, 0.717) is 12.0 Å². The molecule has 1 N–H and O–H groups in total. The van der Waals surface area contributed by atoms with Crippen molar-refractivity contribution in [3.8, 4) is 5.75 Å². The maximum atomic E-state index is 6.15. The summed E-state index contributed by atoms with van der Waals surface area (Å²) in [5, 5.41) is 3.46. The molecule has 1 fully saturated rings. The van der Waals surface area contributed by atoms with Crippen LogP contribution in [0.5, 0.6) is 5.75 Å². The molecule has 1 aliphatic rings. The topological polar surface area (TPSA) is 30.5 Å². The molecule has 3 heteroatoms. The molecule has 0 radical (unpaired) electrons. The Labute approximate surface area is 109 Å². The number of hydrogen-bond acceptors (Lipinski definition) is 3. The van der Waals surface area contributed by atoms with Crippen molar-refractivity contribution >= 4 is 0 Å². The summed E-state index contributed by atoms with van der Waals surface area (Å²) < 4.78 is 11.3. The van der Waals surface area contributed by atoms with Crippen LogP contribution in [-0.2, 0) is 4.74 Å². The highest BCUT2D eigenvalue weighted by Crippen LogP contribution is 2.25. The molecule has 18 heavy (non-hydrogen) atoms. The third-order valence-corrected chi connectivity index (χ3v) is 3.28. The largest absolute Gasteiger partial charge is 0.497 e. The van der Waals surface area contributed by atoms with Gasteiger partial charge in [-0.05, 0) is 30.0 Å². The number of nitrogens with one attached hydrogen (secondary N) is 1. The van der Waals surface area contributed by atoms with Crippen molar-refractivity contribution in [3.05, 3.63) is 29.8 Å². The van der Waals surface area contributed by atoms with Gasteiger partial charge in [0.15, 0.2) is 0 Å². The van der Waals surface area contributed by atoms with Crippen molar-refractivity contribution in [3.63, 3.8) is 0 Å². The highest BCUT2D eigenvalue weighted by Gasteiger charge is 2.23. The van der Waals surface area contributed by atoms with E-state index in [-0.39, 0.29) is 6.10 Å². The summed E-state index contributed by atoms with van der Waals surface area (Å²) >= 11 is 0. The van der Waals surface area contributed by atoms with Gasteiger partial charge in [-0.25, -0.2) is 0 Å². The third-order valence-electron chi connectivity index (χ3n) is 3.28. The average Bonchev–Trinajstić information content (AvgIpc) is 2.38. The molecule has 1 aliphatic heterocycles. The van der Waals surface area contributed by atoms with Crippen LogP contribution in [0, 0.1) is 5.92 Å². The van der Waals surface area contributed by atoms with E-state index < -0.39 is 0 Å². The number of methoxy groups -OCH3 is 1. The van der Waals surface area contributed by atoms with Crippen molar-refractivity contribution in [2.24, 2.45) is 5.92 Å². The van der Waals surface area contributed by atoms with E-state index in [1.165, 1.54) is 5.56 Å². The van der Waals surface area contributed by atoms with Crippen LogP contribution >= 0.6 is 0 Å². The van der Waals surface area contributed by atoms with Crippen molar-refractivity contribution in [2.75, 3.05) is 20.2 Å². The normalized spacial score (nSPS) is 24.2. The summed E-state index contributed by atoms with van der Waals surface area (Å²) in [5.41, 5.74) is 1.22. The molecule has 3 nitrogen and oxygen atoms in total. The molecule has 2 rings (SSSR count). The smallest absolute Gasteiger partial charge is 0.118 e. The zero-order valence-electron chi connectivity index (χ0n) is 11.5. The van der Waals surface area contributed by atoms with Gasteiger partial charge >= 0.3 is 0 Å². The van der Waals surface area contributed by atoms with E-state index in [4.69, 9.17) is 9.47 Å². The lowest BCUT2D eigenvalue weighted by Gasteiger charge is -2.32. The predicted molar refractivity (Wildman–Crippen MR) is 72.9 cm³/mol. The summed E-state index contributed by atoms with van der Waals surface area (Å²) in [7, 11) is 1.69. The minimum atomic E-state index is 0.161. The zero-order chi connectivity index (χ0) is 13.0. The highest BCUT2D eigenvalue weighted by atomic mass is 16.5. The Bertz CT molecular complexity index is 361. The van der Waals surface area contributed by atoms with Gasteiger partial charge in [0, 0.05) is 13.1 Å². The van der Waals surface area contributed by atoms with Crippen LogP contribution in [0.2, 0.25) is 0 Å². The Morgan fingerprint density at radius 3 is 2.61 bits per heavy atom. The lowest BCUT2D eigenvalue weighted by molar-refractivity contribution is -0.0474. The van der Waals surface area contributed by atoms with Gasteiger partial charge in [-0.1, -0.05) is 26.0 Å². The highest BCUT2D eigenvalue weighted by molar-refractivity contribution is 5.28. The SMILES string of the molecule is COc1ccc(C2CNCC(CC(C)C)O2)cc1. The number of hydrogen-bond donors (Lipinski definition) is 1. The minimum Gasteiger partial charge on any atom is -0.497 e. The first-order valence-corrected chi connectivity index (χ1v) is 6.69. The van der Waals surface area contributed by atoms with Gasteiger partial charge in [0.25, 0.3) is 0 Å². The molecule has 0 saturated carbocycles. The summed E-state index contributed by atoms with van der Waals surface area (Å²) in [4.78, 5) is 0. The summed E-state index contributed by atoms with van der Waals surface area (Å²) in [6, 6.07) is 8.15. The van der Waals surface area contributed by atoms with E-state index in [1.807, 2.05) is 12.1 Å². The fourth-order valence-electron chi connectivity index (χ4n) is 2.38. The molecule has 2 atom stereocenters. The van der Waals surface area contributed by atoms with Crippen LogP contribution in [0.3, 0.4) is 0 Å². The van der Waals surface area contributed by atoms with Gasteiger partial charge in [0.05, 0.1) is 19.3 Å². The zero-order valence-corrected chi connectivity index (χ0v) is 11.5. The maximum Gasteiger partial charge on any atom is 0.118 e. The molecular weight excluding hydrogens is 226 g/mol.